The molecule has 0 saturated carbocycles. The first-order chi connectivity index (χ1) is 9.52. The number of rotatable bonds is 5. The Labute approximate surface area is 116 Å². The van der Waals surface area contributed by atoms with Crippen molar-refractivity contribution in [1.82, 2.24) is 0 Å². The van der Waals surface area contributed by atoms with Crippen molar-refractivity contribution >= 4 is 23.3 Å². The fourth-order valence-corrected chi connectivity index (χ4v) is 2.11. The SMILES string of the molecule is COc1ccc(N2N=C(C)C(CCC(=O)O)C2=O)cc1. The highest BCUT2D eigenvalue weighted by atomic mass is 16.5. The van der Waals surface area contributed by atoms with Gasteiger partial charge in [0.1, 0.15) is 5.75 Å². The van der Waals surface area contributed by atoms with Crippen LogP contribution in [0.5, 0.6) is 5.75 Å². The summed E-state index contributed by atoms with van der Waals surface area (Å²) in [6.07, 6.45) is 0.232. The highest BCUT2D eigenvalue weighted by Crippen LogP contribution is 2.27. The van der Waals surface area contributed by atoms with Gasteiger partial charge in [-0.2, -0.15) is 5.10 Å². The molecule has 1 heterocycles. The molecule has 0 saturated heterocycles. The van der Waals surface area contributed by atoms with Crippen LogP contribution in [0, 0.1) is 5.92 Å². The molecule has 1 aliphatic rings. The van der Waals surface area contributed by atoms with Crippen molar-refractivity contribution in [2.75, 3.05) is 12.1 Å². The number of carbonyl (C=O) groups excluding carboxylic acids is 1. The van der Waals surface area contributed by atoms with E-state index in [1.54, 1.807) is 38.3 Å². The third-order valence-electron chi connectivity index (χ3n) is 3.23. The highest BCUT2D eigenvalue weighted by Gasteiger charge is 2.34. The quantitative estimate of drug-likeness (QED) is 0.890. The van der Waals surface area contributed by atoms with Crippen LogP contribution >= 0.6 is 0 Å². The van der Waals surface area contributed by atoms with Crippen molar-refractivity contribution in [3.05, 3.63) is 24.3 Å². The summed E-state index contributed by atoms with van der Waals surface area (Å²) < 4.78 is 5.06. The van der Waals surface area contributed by atoms with Crippen LogP contribution in [-0.2, 0) is 9.59 Å². The van der Waals surface area contributed by atoms with Crippen LogP contribution in [0.4, 0.5) is 5.69 Å². The van der Waals surface area contributed by atoms with E-state index >= 15 is 0 Å². The lowest BCUT2D eigenvalue weighted by atomic mass is 9.98. The molecular weight excluding hydrogens is 260 g/mol. The molecular formula is C14H16N2O4. The number of carboxylic acids is 1. The van der Waals surface area contributed by atoms with Crippen LogP contribution in [0.1, 0.15) is 19.8 Å². The lowest BCUT2D eigenvalue weighted by Gasteiger charge is -2.14. The Morgan fingerprint density at radius 2 is 2.05 bits per heavy atom. The molecule has 1 N–H and O–H groups in total. The molecule has 0 aromatic heterocycles. The van der Waals surface area contributed by atoms with Gasteiger partial charge >= 0.3 is 5.97 Å². The normalized spacial score (nSPS) is 18.1. The zero-order chi connectivity index (χ0) is 14.7. The number of benzene rings is 1. The lowest BCUT2D eigenvalue weighted by molar-refractivity contribution is -0.137. The zero-order valence-corrected chi connectivity index (χ0v) is 11.4. The molecule has 0 fully saturated rings. The third-order valence-corrected chi connectivity index (χ3v) is 3.23. The van der Waals surface area contributed by atoms with E-state index in [-0.39, 0.29) is 18.7 Å². The molecule has 1 atom stereocenters. The Morgan fingerprint density at radius 1 is 1.40 bits per heavy atom. The summed E-state index contributed by atoms with van der Waals surface area (Å²) in [4.78, 5) is 22.9. The van der Waals surface area contributed by atoms with Crippen molar-refractivity contribution in [1.29, 1.82) is 0 Å². The molecule has 6 heteroatoms. The molecule has 106 valence electrons. The predicted octanol–water partition coefficient (Wildman–Crippen LogP) is 1.90. The predicted molar refractivity (Wildman–Crippen MR) is 73.9 cm³/mol. The van der Waals surface area contributed by atoms with Crippen LogP contribution in [-0.4, -0.2) is 29.8 Å². The van der Waals surface area contributed by atoms with E-state index in [1.165, 1.54) is 5.01 Å². The minimum Gasteiger partial charge on any atom is -0.497 e. The van der Waals surface area contributed by atoms with Crippen LogP contribution in [0.25, 0.3) is 0 Å². The summed E-state index contributed by atoms with van der Waals surface area (Å²) in [6.45, 7) is 1.74. The van der Waals surface area contributed by atoms with Crippen LogP contribution < -0.4 is 9.75 Å². The minimum absolute atomic E-state index is 0.0419. The number of carbonyl (C=O) groups is 2. The molecule has 2 rings (SSSR count). The van der Waals surface area contributed by atoms with Crippen LogP contribution in [0.2, 0.25) is 0 Å². The molecule has 1 aromatic carbocycles. The van der Waals surface area contributed by atoms with Gasteiger partial charge in [0, 0.05) is 12.1 Å². The number of anilines is 1. The van der Waals surface area contributed by atoms with E-state index in [9.17, 15) is 9.59 Å². The number of hydrogen-bond acceptors (Lipinski definition) is 4. The maximum absolute atomic E-state index is 12.3. The summed E-state index contributed by atoms with van der Waals surface area (Å²) in [7, 11) is 1.57. The fourth-order valence-electron chi connectivity index (χ4n) is 2.11. The van der Waals surface area contributed by atoms with Crippen molar-refractivity contribution < 1.29 is 19.4 Å². The van der Waals surface area contributed by atoms with Gasteiger partial charge in [0.15, 0.2) is 0 Å². The molecule has 0 radical (unpaired) electrons. The van der Waals surface area contributed by atoms with E-state index in [0.29, 0.717) is 17.1 Å². The summed E-state index contributed by atoms with van der Waals surface area (Å²) >= 11 is 0. The zero-order valence-electron chi connectivity index (χ0n) is 11.4. The van der Waals surface area contributed by atoms with Gasteiger partial charge in [-0.15, -0.1) is 0 Å². The Kier molecular flexibility index (Phi) is 4.02. The summed E-state index contributed by atoms with van der Waals surface area (Å²) in [6, 6.07) is 6.98. The lowest BCUT2D eigenvalue weighted by Crippen LogP contribution is -2.27. The van der Waals surface area contributed by atoms with E-state index < -0.39 is 11.9 Å². The first-order valence-corrected chi connectivity index (χ1v) is 6.28. The van der Waals surface area contributed by atoms with Gasteiger partial charge in [-0.1, -0.05) is 0 Å². The molecule has 6 nitrogen and oxygen atoms in total. The average Bonchev–Trinajstić information content (AvgIpc) is 2.72. The van der Waals surface area contributed by atoms with Crippen molar-refractivity contribution in [2.45, 2.75) is 19.8 Å². The molecule has 1 aliphatic heterocycles. The Bertz CT molecular complexity index is 551. The molecule has 1 unspecified atom stereocenters. The second-order valence-corrected chi connectivity index (χ2v) is 4.57. The van der Waals surface area contributed by atoms with Crippen molar-refractivity contribution in [3.8, 4) is 5.75 Å². The molecule has 0 aliphatic carbocycles. The van der Waals surface area contributed by atoms with E-state index in [4.69, 9.17) is 9.84 Å². The number of nitrogens with zero attached hydrogens (tertiary/aromatic N) is 2. The van der Waals surface area contributed by atoms with E-state index in [1.807, 2.05) is 0 Å². The molecule has 20 heavy (non-hydrogen) atoms. The second kappa shape index (κ2) is 5.73. The summed E-state index contributed by atoms with van der Waals surface area (Å²) in [5.41, 5.74) is 1.29. The maximum atomic E-state index is 12.3. The monoisotopic (exact) mass is 276 g/mol. The minimum atomic E-state index is -0.909. The molecule has 0 spiro atoms. The van der Waals surface area contributed by atoms with Crippen molar-refractivity contribution in [3.63, 3.8) is 0 Å². The van der Waals surface area contributed by atoms with E-state index in [0.717, 1.165) is 0 Å². The Hall–Kier alpha value is -2.37. The number of methoxy groups -OCH3 is 1. The third kappa shape index (κ3) is 2.79. The first kappa shape index (κ1) is 14.0. The van der Waals surface area contributed by atoms with Gasteiger partial charge in [0.2, 0.25) is 0 Å². The van der Waals surface area contributed by atoms with Gasteiger partial charge in [-0.25, -0.2) is 5.01 Å². The van der Waals surface area contributed by atoms with E-state index in [2.05, 4.69) is 5.10 Å². The number of hydrogen-bond donors (Lipinski definition) is 1. The van der Waals surface area contributed by atoms with Gasteiger partial charge in [0.05, 0.1) is 18.7 Å². The van der Waals surface area contributed by atoms with Crippen LogP contribution in [0.15, 0.2) is 29.4 Å². The molecule has 1 amide bonds. The van der Waals surface area contributed by atoms with Crippen LogP contribution in [0.3, 0.4) is 0 Å². The van der Waals surface area contributed by atoms with Gasteiger partial charge in [0.25, 0.3) is 5.91 Å². The number of ether oxygens (including phenoxy) is 1. The summed E-state index contributed by atoms with van der Waals surface area (Å²) in [5.74, 6) is -0.848. The molecule has 0 bridgehead atoms. The maximum Gasteiger partial charge on any atom is 0.303 e. The number of hydrazone groups is 1. The Morgan fingerprint density at radius 3 is 2.60 bits per heavy atom. The smallest absolute Gasteiger partial charge is 0.303 e. The first-order valence-electron chi connectivity index (χ1n) is 6.28. The number of amides is 1. The van der Waals surface area contributed by atoms with Gasteiger partial charge < -0.3 is 9.84 Å². The average molecular weight is 276 g/mol. The standard InChI is InChI=1S/C14H16N2O4/c1-9-12(7-8-13(17)18)14(19)16(15-9)10-3-5-11(20-2)6-4-10/h3-6,12H,7-8H2,1-2H3,(H,17,18). The topological polar surface area (TPSA) is 79.2 Å². The van der Waals surface area contributed by atoms with Gasteiger partial charge in [-0.3, -0.25) is 9.59 Å². The summed E-state index contributed by atoms with van der Waals surface area (Å²) in [5, 5.41) is 14.3. The highest BCUT2D eigenvalue weighted by molar-refractivity contribution is 6.14. The number of aliphatic carboxylic acids is 1. The fraction of sp³-hybridized carbons (Fsp3) is 0.357. The number of carboxylic acid groups (broad SMARTS) is 1. The molecule has 1 aromatic rings. The van der Waals surface area contributed by atoms with Gasteiger partial charge in [-0.05, 0) is 37.6 Å². The second-order valence-electron chi connectivity index (χ2n) is 4.57. The Balaban J connectivity index is 2.14. The largest absolute Gasteiger partial charge is 0.497 e. The van der Waals surface area contributed by atoms with Crippen molar-refractivity contribution in [2.24, 2.45) is 11.0 Å².